The van der Waals surface area contributed by atoms with Crippen LogP contribution in [0, 0.1) is 0 Å². The number of aromatic nitrogens is 2. The molecule has 0 fully saturated rings. The molecule has 2 aliphatic heterocycles. The van der Waals surface area contributed by atoms with Gasteiger partial charge in [-0.3, -0.25) is 4.79 Å². The molecule has 2 aliphatic rings. The lowest BCUT2D eigenvalue weighted by Gasteiger charge is -2.19. The van der Waals surface area contributed by atoms with Crippen LogP contribution in [0.2, 0.25) is 0 Å². The highest BCUT2D eigenvalue weighted by atomic mass is 16.5. The van der Waals surface area contributed by atoms with Crippen molar-refractivity contribution in [1.29, 1.82) is 0 Å². The number of carbonyl (C=O) groups excluding carboxylic acids is 1. The van der Waals surface area contributed by atoms with E-state index < -0.39 is 11.9 Å². The van der Waals surface area contributed by atoms with Gasteiger partial charge in [0, 0.05) is 35.6 Å². The SMILES string of the molecule is NC(=O)C1C=C2CN1/C=C/N=CO/C=C/C=C/C=C/n1ccc3c4ccccc4nc(c31)O2. The zero-order valence-corrected chi connectivity index (χ0v) is 17.6. The summed E-state index contributed by atoms with van der Waals surface area (Å²) in [6.45, 7) is 0.343. The van der Waals surface area contributed by atoms with Crippen molar-refractivity contribution < 1.29 is 14.3 Å². The first-order valence-electron chi connectivity index (χ1n) is 10.4. The molecule has 0 saturated carbocycles. The predicted molar refractivity (Wildman–Crippen MR) is 128 cm³/mol. The zero-order chi connectivity index (χ0) is 22.6. The molecule has 8 nitrogen and oxygen atoms in total. The Balaban J connectivity index is 1.64. The molecule has 0 aliphatic carbocycles. The molecule has 2 bridgehead atoms. The molecule has 8 heteroatoms. The molecule has 1 unspecified atom stereocenters. The van der Waals surface area contributed by atoms with Gasteiger partial charge in [0.1, 0.15) is 17.3 Å². The average Bonchev–Trinajstić information content (AvgIpc) is 3.42. The van der Waals surface area contributed by atoms with Gasteiger partial charge >= 0.3 is 0 Å². The van der Waals surface area contributed by atoms with E-state index in [0.717, 1.165) is 21.8 Å². The van der Waals surface area contributed by atoms with E-state index in [9.17, 15) is 4.79 Å². The monoisotopic (exact) mass is 439 g/mol. The number of rotatable bonds is 1. The van der Waals surface area contributed by atoms with Crippen molar-refractivity contribution >= 4 is 40.3 Å². The molecule has 1 amide bonds. The van der Waals surface area contributed by atoms with E-state index in [0.29, 0.717) is 18.2 Å². The maximum Gasteiger partial charge on any atom is 0.244 e. The van der Waals surface area contributed by atoms with E-state index in [4.69, 9.17) is 20.2 Å². The van der Waals surface area contributed by atoms with Gasteiger partial charge < -0.3 is 24.7 Å². The predicted octanol–water partition coefficient (Wildman–Crippen LogP) is 3.69. The highest BCUT2D eigenvalue weighted by Crippen LogP contribution is 2.33. The molecule has 0 saturated heterocycles. The van der Waals surface area contributed by atoms with Crippen LogP contribution in [0.4, 0.5) is 0 Å². The van der Waals surface area contributed by atoms with E-state index in [1.807, 2.05) is 65.5 Å². The van der Waals surface area contributed by atoms with Gasteiger partial charge in [-0.2, -0.15) is 0 Å². The van der Waals surface area contributed by atoms with Crippen LogP contribution in [0.5, 0.6) is 5.88 Å². The summed E-state index contributed by atoms with van der Waals surface area (Å²) < 4.78 is 13.4. The van der Waals surface area contributed by atoms with Gasteiger partial charge in [0.05, 0.1) is 18.3 Å². The van der Waals surface area contributed by atoms with E-state index in [1.165, 1.54) is 18.9 Å². The summed E-state index contributed by atoms with van der Waals surface area (Å²) in [5.41, 5.74) is 7.26. The number of hydrogen-bond acceptors (Lipinski definition) is 6. The Bertz CT molecular complexity index is 1390. The Hall–Kier alpha value is -4.59. The maximum atomic E-state index is 12.0. The molecule has 3 aromatic rings. The summed E-state index contributed by atoms with van der Waals surface area (Å²) in [6, 6.07) is 9.31. The Labute approximate surface area is 189 Å². The Morgan fingerprint density at radius 1 is 1.06 bits per heavy atom. The lowest BCUT2D eigenvalue weighted by molar-refractivity contribution is -0.120. The first-order valence-corrected chi connectivity index (χ1v) is 10.4. The highest BCUT2D eigenvalue weighted by Gasteiger charge is 2.29. The van der Waals surface area contributed by atoms with E-state index >= 15 is 0 Å². The summed E-state index contributed by atoms with van der Waals surface area (Å²) in [5.74, 6) is 0.546. The van der Waals surface area contributed by atoms with Gasteiger partial charge in [-0.05, 0) is 30.4 Å². The van der Waals surface area contributed by atoms with Crippen LogP contribution in [0.3, 0.4) is 0 Å². The van der Waals surface area contributed by atoms with Crippen molar-refractivity contribution in [2.45, 2.75) is 6.04 Å². The van der Waals surface area contributed by atoms with Crippen LogP contribution < -0.4 is 10.5 Å². The number of nitrogens with two attached hydrogens (primary N) is 1. The van der Waals surface area contributed by atoms with Gasteiger partial charge in [-0.15, -0.1) is 0 Å². The van der Waals surface area contributed by atoms with Gasteiger partial charge in [0.2, 0.25) is 11.8 Å². The smallest absolute Gasteiger partial charge is 0.244 e. The van der Waals surface area contributed by atoms with Gasteiger partial charge in [0.25, 0.3) is 0 Å². The second-order valence-corrected chi connectivity index (χ2v) is 7.42. The topological polar surface area (TPSA) is 95.0 Å². The first kappa shape index (κ1) is 20.3. The lowest BCUT2D eigenvalue weighted by Crippen LogP contribution is -2.37. The van der Waals surface area contributed by atoms with Gasteiger partial charge in [-0.25, -0.2) is 9.98 Å². The third-order valence-electron chi connectivity index (χ3n) is 5.30. The van der Waals surface area contributed by atoms with E-state index in [-0.39, 0.29) is 0 Å². The number of benzene rings is 1. The minimum Gasteiger partial charge on any atom is -0.453 e. The molecule has 0 spiro atoms. The van der Waals surface area contributed by atoms with Crippen molar-refractivity contribution in [1.82, 2.24) is 14.5 Å². The normalized spacial score (nSPS) is 22.0. The molecular formula is C25H21N5O3. The number of fused-ring (bicyclic) bond motifs is 4. The number of pyridine rings is 1. The van der Waals surface area contributed by atoms with Crippen LogP contribution in [-0.2, 0) is 9.53 Å². The molecule has 1 atom stereocenters. The zero-order valence-electron chi connectivity index (χ0n) is 17.6. The molecule has 2 N–H and O–H groups in total. The van der Waals surface area contributed by atoms with Crippen LogP contribution in [-0.4, -0.2) is 39.3 Å². The minimum atomic E-state index is -0.652. The molecular weight excluding hydrogens is 418 g/mol. The Morgan fingerprint density at radius 3 is 2.85 bits per heavy atom. The third-order valence-corrected chi connectivity index (χ3v) is 5.30. The average molecular weight is 439 g/mol. The summed E-state index contributed by atoms with van der Waals surface area (Å²) >= 11 is 0. The van der Waals surface area contributed by atoms with Crippen LogP contribution in [0.15, 0.2) is 96.3 Å². The fourth-order valence-electron chi connectivity index (χ4n) is 3.82. The van der Waals surface area contributed by atoms with Crippen LogP contribution in [0.1, 0.15) is 0 Å². The number of ether oxygens (including phenoxy) is 2. The second-order valence-electron chi connectivity index (χ2n) is 7.42. The minimum absolute atomic E-state index is 0.343. The van der Waals surface area contributed by atoms with Gasteiger partial charge in [-0.1, -0.05) is 30.4 Å². The van der Waals surface area contributed by atoms with Crippen LogP contribution >= 0.6 is 0 Å². The first-order chi connectivity index (χ1) is 16.2. The number of hydrogen-bond donors (Lipinski definition) is 1. The number of aliphatic imine (C=N–C) groups is 1. The van der Waals surface area contributed by atoms with Gasteiger partial charge in [0.15, 0.2) is 6.40 Å². The van der Waals surface area contributed by atoms with E-state index in [1.54, 1.807) is 23.3 Å². The van der Waals surface area contributed by atoms with Crippen molar-refractivity contribution in [3.05, 3.63) is 91.3 Å². The standard InChI is InChI=1S/C25H21N5O3/c26-24(31)22-15-18-16-30(22)13-10-27-17-32-14-6-2-1-5-11-29-12-9-20-19-7-3-4-8-21(19)28-25(33-18)23(20)29/h1-15,17,22H,16H2,(H2,26,31)/b2-1+,11-5+,13-10+,14-6+,27-17?. The summed E-state index contributed by atoms with van der Waals surface area (Å²) in [6.07, 6.45) is 19.0. The van der Waals surface area contributed by atoms with Crippen molar-refractivity contribution in [3.8, 4) is 5.88 Å². The molecule has 4 heterocycles. The van der Waals surface area contributed by atoms with Crippen molar-refractivity contribution in [2.24, 2.45) is 10.7 Å². The number of nitrogens with zero attached hydrogens (tertiary/aromatic N) is 4. The maximum absolute atomic E-state index is 12.0. The third kappa shape index (κ3) is 4.14. The van der Waals surface area contributed by atoms with E-state index in [2.05, 4.69) is 4.99 Å². The molecule has 2 aromatic heterocycles. The summed E-state index contributed by atoms with van der Waals surface area (Å²) in [5, 5.41) is 2.05. The highest BCUT2D eigenvalue weighted by molar-refractivity contribution is 6.07. The quantitative estimate of drug-likeness (QED) is 0.624. The molecule has 5 rings (SSSR count). The molecule has 33 heavy (non-hydrogen) atoms. The summed E-state index contributed by atoms with van der Waals surface area (Å²) in [7, 11) is 0. The lowest BCUT2D eigenvalue weighted by atomic mass is 10.1. The molecule has 0 radical (unpaired) electrons. The largest absolute Gasteiger partial charge is 0.453 e. The molecule has 164 valence electrons. The summed E-state index contributed by atoms with van der Waals surface area (Å²) in [4.78, 5) is 22.6. The number of para-hydroxylation sites is 1. The fraction of sp³-hybridized carbons (Fsp3) is 0.0800. The molecule has 1 aromatic carbocycles. The number of carbonyl (C=O) groups is 1. The Kier molecular flexibility index (Phi) is 5.47. The van der Waals surface area contributed by atoms with Crippen LogP contribution in [0.25, 0.3) is 28.0 Å². The number of amides is 1. The van der Waals surface area contributed by atoms with Crippen molar-refractivity contribution in [2.75, 3.05) is 6.54 Å². The fourth-order valence-corrected chi connectivity index (χ4v) is 3.82. The Morgan fingerprint density at radius 2 is 1.94 bits per heavy atom. The second kappa shape index (κ2) is 8.88. The number of allylic oxidation sites excluding steroid dienone is 4. The van der Waals surface area contributed by atoms with Crippen molar-refractivity contribution in [3.63, 3.8) is 0 Å². The number of primary amides is 1.